The quantitative estimate of drug-likeness (QED) is 0.590. The Balaban J connectivity index is 2.14. The predicted octanol–water partition coefficient (Wildman–Crippen LogP) is 2.79. The van der Waals surface area contributed by atoms with E-state index in [0.29, 0.717) is 0 Å². The molecule has 2 aromatic heterocycles. The average molecular weight is 420 g/mol. The van der Waals surface area contributed by atoms with Gasteiger partial charge in [-0.3, -0.25) is 4.31 Å². The van der Waals surface area contributed by atoms with Gasteiger partial charge in [0.1, 0.15) is 0 Å². The van der Waals surface area contributed by atoms with E-state index in [-0.39, 0.29) is 34.0 Å². The molecule has 0 aliphatic heterocycles. The molecule has 12 heteroatoms. The van der Waals surface area contributed by atoms with Crippen molar-refractivity contribution in [1.82, 2.24) is 19.6 Å². The number of halogens is 3. The molecule has 0 radical (unpaired) electrons. The minimum atomic E-state index is -4.23. The third kappa shape index (κ3) is 3.15. The number of benzene rings is 1. The summed E-state index contributed by atoms with van der Waals surface area (Å²) in [5.74, 6) is -0.875. The fourth-order valence-corrected chi connectivity index (χ4v) is 4.01. The topological polar surface area (TPSA) is 89.7 Å². The van der Waals surface area contributed by atoms with E-state index < -0.39 is 21.1 Å². The van der Waals surface area contributed by atoms with Crippen molar-refractivity contribution in [2.75, 3.05) is 18.0 Å². The molecule has 0 saturated carbocycles. The Kier molecular flexibility index (Phi) is 4.91. The highest BCUT2D eigenvalue weighted by Crippen LogP contribution is 2.35. The summed E-state index contributed by atoms with van der Waals surface area (Å²) < 4.78 is 46.4. The third-order valence-electron chi connectivity index (χ3n) is 3.36. The molecule has 0 spiro atoms. The molecule has 0 bridgehead atoms. The van der Waals surface area contributed by atoms with Gasteiger partial charge in [-0.2, -0.15) is 27.3 Å². The van der Waals surface area contributed by atoms with Crippen LogP contribution in [0.15, 0.2) is 29.4 Å². The molecule has 3 aromatic rings. The number of sulfonamides is 1. The summed E-state index contributed by atoms with van der Waals surface area (Å²) in [5.41, 5.74) is 0.00204. The maximum Gasteiger partial charge on any atom is 0.322 e. The SMILES string of the molecule is CCOc1nc(F)cc2nc(S(=O)(=O)N(C)c3c(Cl)cccc3Cl)nn12. The van der Waals surface area contributed by atoms with Gasteiger partial charge in [0, 0.05) is 13.1 Å². The first-order chi connectivity index (χ1) is 12.3. The Morgan fingerprint density at radius 1 is 1.27 bits per heavy atom. The Labute approximate surface area is 158 Å². The van der Waals surface area contributed by atoms with Crippen molar-refractivity contribution >= 4 is 44.6 Å². The van der Waals surface area contributed by atoms with Gasteiger partial charge in [-0.1, -0.05) is 29.3 Å². The number of rotatable bonds is 5. The fraction of sp³-hybridized carbons (Fsp3) is 0.214. The van der Waals surface area contributed by atoms with Crippen molar-refractivity contribution in [3.05, 3.63) is 40.3 Å². The first-order valence-electron chi connectivity index (χ1n) is 7.24. The third-order valence-corrected chi connectivity index (χ3v) is 5.51. The summed E-state index contributed by atoms with van der Waals surface area (Å²) >= 11 is 12.1. The normalized spacial score (nSPS) is 11.7. The second-order valence-corrected chi connectivity index (χ2v) is 7.68. The molecule has 0 atom stereocenters. The minimum Gasteiger partial charge on any atom is -0.464 e. The highest BCUT2D eigenvalue weighted by molar-refractivity contribution is 7.92. The van der Waals surface area contributed by atoms with Crippen molar-refractivity contribution in [2.45, 2.75) is 12.1 Å². The molecule has 138 valence electrons. The molecule has 0 aliphatic rings. The molecule has 26 heavy (non-hydrogen) atoms. The summed E-state index contributed by atoms with van der Waals surface area (Å²) in [6.45, 7) is 1.85. The van der Waals surface area contributed by atoms with Crippen LogP contribution < -0.4 is 9.04 Å². The van der Waals surface area contributed by atoms with Crippen LogP contribution in [0.3, 0.4) is 0 Å². The molecular formula is C14H12Cl2FN5O3S. The standard InChI is InChI=1S/C14H12Cl2FN5O3S/c1-3-25-14-18-10(17)7-11-19-13(20-22(11)14)26(23,24)21(2)12-8(15)5-4-6-9(12)16/h4-7H,3H2,1-2H3. The average Bonchev–Trinajstić information content (AvgIpc) is 2.99. The number of ether oxygens (including phenoxy) is 1. The van der Waals surface area contributed by atoms with E-state index in [0.717, 1.165) is 14.9 Å². The molecule has 0 saturated heterocycles. The zero-order chi connectivity index (χ0) is 19.1. The second-order valence-electron chi connectivity index (χ2n) is 5.00. The van der Waals surface area contributed by atoms with E-state index >= 15 is 0 Å². The molecule has 3 rings (SSSR count). The molecular weight excluding hydrogens is 408 g/mol. The molecule has 0 N–H and O–H groups in total. The van der Waals surface area contributed by atoms with Crippen LogP contribution in [0.5, 0.6) is 6.01 Å². The number of anilines is 1. The molecule has 1 aromatic carbocycles. The van der Waals surface area contributed by atoms with Crippen molar-refractivity contribution < 1.29 is 17.5 Å². The van der Waals surface area contributed by atoms with Gasteiger partial charge < -0.3 is 4.74 Å². The van der Waals surface area contributed by atoms with Crippen LogP contribution in [0.4, 0.5) is 10.1 Å². The Morgan fingerprint density at radius 3 is 2.54 bits per heavy atom. The zero-order valence-electron chi connectivity index (χ0n) is 13.5. The van der Waals surface area contributed by atoms with Gasteiger partial charge in [-0.15, -0.1) is 5.10 Å². The number of aromatic nitrogens is 4. The van der Waals surface area contributed by atoms with Crippen LogP contribution in [0, 0.1) is 5.95 Å². The largest absolute Gasteiger partial charge is 0.464 e. The first-order valence-corrected chi connectivity index (χ1v) is 9.44. The van der Waals surface area contributed by atoms with Crippen LogP contribution in [0.25, 0.3) is 5.65 Å². The molecule has 0 aliphatic carbocycles. The van der Waals surface area contributed by atoms with Crippen LogP contribution in [0.2, 0.25) is 10.0 Å². The number of nitrogens with zero attached hydrogens (tertiary/aromatic N) is 5. The zero-order valence-corrected chi connectivity index (χ0v) is 15.8. The number of hydrogen-bond acceptors (Lipinski definition) is 6. The van der Waals surface area contributed by atoms with Crippen LogP contribution >= 0.6 is 23.2 Å². The first kappa shape index (κ1) is 18.6. The Hall–Kier alpha value is -2.17. The van der Waals surface area contributed by atoms with Crippen molar-refractivity contribution in [1.29, 1.82) is 0 Å². The Morgan fingerprint density at radius 2 is 1.92 bits per heavy atom. The summed E-state index contributed by atoms with van der Waals surface area (Å²) in [6, 6.07) is 5.31. The molecule has 8 nitrogen and oxygen atoms in total. The molecule has 0 fully saturated rings. The van der Waals surface area contributed by atoms with Gasteiger partial charge in [-0.25, -0.2) is 0 Å². The predicted molar refractivity (Wildman–Crippen MR) is 94.0 cm³/mol. The highest BCUT2D eigenvalue weighted by Gasteiger charge is 2.30. The van der Waals surface area contributed by atoms with Gasteiger partial charge >= 0.3 is 16.0 Å². The summed E-state index contributed by atoms with van der Waals surface area (Å²) in [5, 5.41) is 3.57. The van der Waals surface area contributed by atoms with E-state index in [2.05, 4.69) is 15.1 Å². The lowest BCUT2D eigenvalue weighted by Gasteiger charge is -2.19. The second kappa shape index (κ2) is 6.86. The summed E-state index contributed by atoms with van der Waals surface area (Å²) in [4.78, 5) is 7.41. The van der Waals surface area contributed by atoms with E-state index in [1.807, 2.05) is 0 Å². The lowest BCUT2D eigenvalue weighted by atomic mass is 10.3. The van der Waals surface area contributed by atoms with Crippen molar-refractivity contribution in [3.63, 3.8) is 0 Å². The van der Waals surface area contributed by atoms with Crippen LogP contribution in [0.1, 0.15) is 6.92 Å². The van der Waals surface area contributed by atoms with E-state index in [4.69, 9.17) is 27.9 Å². The fourth-order valence-electron chi connectivity index (χ4n) is 2.18. The number of fused-ring (bicyclic) bond motifs is 1. The molecule has 0 amide bonds. The van der Waals surface area contributed by atoms with Crippen LogP contribution in [-0.4, -0.2) is 41.7 Å². The maximum atomic E-state index is 13.6. The molecule has 2 heterocycles. The van der Waals surface area contributed by atoms with Gasteiger partial charge in [0.15, 0.2) is 5.65 Å². The summed E-state index contributed by atoms with van der Waals surface area (Å²) in [6.07, 6.45) is 0. The maximum absolute atomic E-state index is 13.6. The van der Waals surface area contributed by atoms with Crippen LogP contribution in [-0.2, 0) is 10.0 Å². The lowest BCUT2D eigenvalue weighted by molar-refractivity contribution is 0.296. The van der Waals surface area contributed by atoms with E-state index in [9.17, 15) is 12.8 Å². The van der Waals surface area contributed by atoms with E-state index in [1.165, 1.54) is 19.2 Å². The van der Waals surface area contributed by atoms with Crippen molar-refractivity contribution in [3.8, 4) is 6.01 Å². The Bertz CT molecular complexity index is 1070. The minimum absolute atomic E-state index is 0.0711. The van der Waals surface area contributed by atoms with Gasteiger partial charge in [0.05, 0.1) is 22.3 Å². The summed E-state index contributed by atoms with van der Waals surface area (Å²) in [7, 11) is -2.97. The molecule has 0 unspecified atom stereocenters. The highest BCUT2D eigenvalue weighted by atomic mass is 35.5. The van der Waals surface area contributed by atoms with Gasteiger partial charge in [0.25, 0.3) is 5.16 Å². The lowest BCUT2D eigenvalue weighted by Crippen LogP contribution is -2.28. The van der Waals surface area contributed by atoms with Crippen molar-refractivity contribution in [2.24, 2.45) is 0 Å². The van der Waals surface area contributed by atoms with E-state index in [1.54, 1.807) is 13.0 Å². The smallest absolute Gasteiger partial charge is 0.322 e. The monoisotopic (exact) mass is 419 g/mol. The number of para-hydroxylation sites is 1. The van der Waals surface area contributed by atoms with Gasteiger partial charge in [-0.05, 0) is 19.1 Å². The number of hydrogen-bond donors (Lipinski definition) is 0. The van der Waals surface area contributed by atoms with Gasteiger partial charge in [0.2, 0.25) is 5.95 Å².